The Balaban J connectivity index is 2.69. The van der Waals surface area contributed by atoms with Crippen LogP contribution >= 0.6 is 0 Å². The topological polar surface area (TPSA) is 60.2 Å². The first-order valence-corrected chi connectivity index (χ1v) is 6.70. The Hall–Kier alpha value is -0.940. The molecule has 0 aliphatic heterocycles. The lowest BCUT2D eigenvalue weighted by molar-refractivity contribution is 0.116. The van der Waals surface area contributed by atoms with Gasteiger partial charge in [-0.05, 0) is 26.8 Å². The zero-order valence-corrected chi connectivity index (χ0v) is 12.1. The Kier molecular flexibility index (Phi) is 6.29. The van der Waals surface area contributed by atoms with E-state index in [9.17, 15) is 0 Å². The third-order valence-corrected chi connectivity index (χ3v) is 3.24. The monoisotopic (exact) mass is 255 g/mol. The van der Waals surface area contributed by atoms with Gasteiger partial charge in [0.2, 0.25) is 5.89 Å². The summed E-state index contributed by atoms with van der Waals surface area (Å²) >= 11 is 0. The molecule has 18 heavy (non-hydrogen) atoms. The van der Waals surface area contributed by atoms with Gasteiger partial charge in [-0.1, -0.05) is 19.0 Å². The maximum Gasteiger partial charge on any atom is 0.231 e. The Labute approximate surface area is 109 Å². The zero-order chi connectivity index (χ0) is 13.5. The van der Waals surface area contributed by atoms with E-state index in [4.69, 9.17) is 9.26 Å². The predicted molar refractivity (Wildman–Crippen MR) is 70.6 cm³/mol. The van der Waals surface area contributed by atoms with E-state index in [1.807, 2.05) is 6.92 Å². The Morgan fingerprint density at radius 3 is 2.61 bits per heavy atom. The van der Waals surface area contributed by atoms with Crippen LogP contribution in [-0.4, -0.2) is 35.9 Å². The van der Waals surface area contributed by atoms with Gasteiger partial charge in [0.1, 0.15) is 0 Å². The van der Waals surface area contributed by atoms with Crippen molar-refractivity contribution in [1.82, 2.24) is 15.5 Å². The Morgan fingerprint density at radius 1 is 1.33 bits per heavy atom. The quantitative estimate of drug-likeness (QED) is 0.771. The molecule has 0 fully saturated rings. The SMILES string of the molecule is CCNC(C)C(CC)c1nc(CC(C)OC)no1. The van der Waals surface area contributed by atoms with Gasteiger partial charge in [-0.2, -0.15) is 4.98 Å². The van der Waals surface area contributed by atoms with Gasteiger partial charge in [0.25, 0.3) is 0 Å². The molecular formula is C13H25N3O2. The summed E-state index contributed by atoms with van der Waals surface area (Å²) in [7, 11) is 1.69. The minimum absolute atomic E-state index is 0.113. The molecular weight excluding hydrogens is 230 g/mol. The second kappa shape index (κ2) is 7.48. The summed E-state index contributed by atoms with van der Waals surface area (Å²) in [5.41, 5.74) is 0. The van der Waals surface area contributed by atoms with Crippen LogP contribution in [0, 0.1) is 0 Å². The summed E-state index contributed by atoms with van der Waals surface area (Å²) in [4.78, 5) is 4.47. The number of nitrogens with one attached hydrogen (secondary N) is 1. The lowest BCUT2D eigenvalue weighted by atomic mass is 9.98. The zero-order valence-electron chi connectivity index (χ0n) is 12.1. The van der Waals surface area contributed by atoms with Gasteiger partial charge in [0.15, 0.2) is 5.82 Å². The van der Waals surface area contributed by atoms with E-state index >= 15 is 0 Å². The second-order valence-electron chi connectivity index (χ2n) is 4.66. The van der Waals surface area contributed by atoms with Crippen LogP contribution in [0.5, 0.6) is 0 Å². The summed E-state index contributed by atoms with van der Waals surface area (Å²) in [5.74, 6) is 1.72. The van der Waals surface area contributed by atoms with E-state index in [1.165, 1.54) is 0 Å². The maximum absolute atomic E-state index is 5.37. The highest BCUT2D eigenvalue weighted by Crippen LogP contribution is 2.22. The molecule has 0 spiro atoms. The standard InChI is InChI=1S/C13H25N3O2/c1-6-11(10(4)14-7-2)13-15-12(16-18-13)8-9(3)17-5/h9-11,14H,6-8H2,1-5H3. The fourth-order valence-corrected chi connectivity index (χ4v) is 2.05. The van der Waals surface area contributed by atoms with Crippen LogP contribution in [0.1, 0.15) is 51.7 Å². The molecule has 0 bridgehead atoms. The van der Waals surface area contributed by atoms with Crippen LogP contribution in [-0.2, 0) is 11.2 Å². The number of likely N-dealkylation sites (N-methyl/N-ethyl adjacent to an activating group) is 1. The van der Waals surface area contributed by atoms with Crippen LogP contribution in [0.2, 0.25) is 0 Å². The van der Waals surface area contributed by atoms with Crippen molar-refractivity contribution in [3.8, 4) is 0 Å². The molecule has 1 aromatic heterocycles. The smallest absolute Gasteiger partial charge is 0.231 e. The minimum atomic E-state index is 0.113. The molecule has 0 radical (unpaired) electrons. The molecule has 1 N–H and O–H groups in total. The van der Waals surface area contributed by atoms with Gasteiger partial charge < -0.3 is 14.6 Å². The van der Waals surface area contributed by atoms with Crippen molar-refractivity contribution in [2.75, 3.05) is 13.7 Å². The molecule has 5 heteroatoms. The first-order chi connectivity index (χ1) is 8.62. The number of rotatable bonds is 8. The molecule has 1 aromatic rings. The van der Waals surface area contributed by atoms with Gasteiger partial charge in [-0.3, -0.25) is 0 Å². The van der Waals surface area contributed by atoms with Gasteiger partial charge in [-0.25, -0.2) is 0 Å². The van der Waals surface area contributed by atoms with Crippen LogP contribution in [0.3, 0.4) is 0 Å². The first-order valence-electron chi connectivity index (χ1n) is 6.70. The Bertz CT molecular complexity index is 341. The van der Waals surface area contributed by atoms with Gasteiger partial charge >= 0.3 is 0 Å². The van der Waals surface area contributed by atoms with E-state index in [2.05, 4.69) is 36.2 Å². The summed E-state index contributed by atoms with van der Waals surface area (Å²) in [6.45, 7) is 9.33. The van der Waals surface area contributed by atoms with E-state index < -0.39 is 0 Å². The molecule has 3 atom stereocenters. The highest BCUT2D eigenvalue weighted by molar-refractivity contribution is 4.98. The molecule has 104 valence electrons. The largest absolute Gasteiger partial charge is 0.381 e. The third-order valence-electron chi connectivity index (χ3n) is 3.24. The predicted octanol–water partition coefficient (Wildman–Crippen LogP) is 2.14. The minimum Gasteiger partial charge on any atom is -0.381 e. The van der Waals surface area contributed by atoms with Crippen LogP contribution in [0.4, 0.5) is 0 Å². The summed E-state index contributed by atoms with van der Waals surface area (Å²) in [6, 6.07) is 0.341. The van der Waals surface area contributed by atoms with Crippen molar-refractivity contribution in [2.24, 2.45) is 0 Å². The van der Waals surface area contributed by atoms with Crippen molar-refractivity contribution < 1.29 is 9.26 Å². The molecule has 0 saturated heterocycles. The van der Waals surface area contributed by atoms with Crippen molar-refractivity contribution in [1.29, 1.82) is 0 Å². The van der Waals surface area contributed by atoms with E-state index in [1.54, 1.807) is 7.11 Å². The fraction of sp³-hybridized carbons (Fsp3) is 0.846. The van der Waals surface area contributed by atoms with E-state index in [-0.39, 0.29) is 12.0 Å². The maximum atomic E-state index is 5.37. The molecule has 0 aliphatic carbocycles. The number of hydrogen-bond acceptors (Lipinski definition) is 5. The molecule has 1 heterocycles. The fourth-order valence-electron chi connectivity index (χ4n) is 2.05. The van der Waals surface area contributed by atoms with Crippen molar-refractivity contribution in [3.63, 3.8) is 0 Å². The number of hydrogen-bond donors (Lipinski definition) is 1. The van der Waals surface area contributed by atoms with Crippen LogP contribution in [0.15, 0.2) is 4.52 Å². The molecule has 5 nitrogen and oxygen atoms in total. The normalized spacial score (nSPS) is 16.5. The Morgan fingerprint density at radius 2 is 2.06 bits per heavy atom. The number of aromatic nitrogens is 2. The first kappa shape index (κ1) is 15.1. The molecule has 0 saturated carbocycles. The number of methoxy groups -OCH3 is 1. The average molecular weight is 255 g/mol. The number of ether oxygens (including phenoxy) is 1. The molecule has 1 rings (SSSR count). The summed E-state index contributed by atoms with van der Waals surface area (Å²) in [6.07, 6.45) is 1.78. The van der Waals surface area contributed by atoms with E-state index in [0.29, 0.717) is 12.5 Å². The van der Waals surface area contributed by atoms with Gasteiger partial charge in [0, 0.05) is 19.6 Å². The van der Waals surface area contributed by atoms with Crippen LogP contribution in [0.25, 0.3) is 0 Å². The van der Waals surface area contributed by atoms with Gasteiger partial charge in [-0.15, -0.1) is 0 Å². The molecule has 0 aliphatic rings. The lowest BCUT2D eigenvalue weighted by Gasteiger charge is -2.19. The van der Waals surface area contributed by atoms with Crippen molar-refractivity contribution in [3.05, 3.63) is 11.7 Å². The summed E-state index contributed by atoms with van der Waals surface area (Å²) < 4.78 is 10.6. The average Bonchev–Trinajstić information content (AvgIpc) is 2.78. The second-order valence-corrected chi connectivity index (χ2v) is 4.66. The molecule has 0 amide bonds. The summed E-state index contributed by atoms with van der Waals surface area (Å²) in [5, 5.41) is 7.43. The van der Waals surface area contributed by atoms with Crippen molar-refractivity contribution >= 4 is 0 Å². The highest BCUT2D eigenvalue weighted by Gasteiger charge is 2.23. The van der Waals surface area contributed by atoms with Gasteiger partial charge in [0.05, 0.1) is 12.0 Å². The van der Waals surface area contributed by atoms with Crippen molar-refractivity contribution in [2.45, 2.75) is 58.6 Å². The van der Waals surface area contributed by atoms with Crippen LogP contribution < -0.4 is 5.32 Å². The molecule has 3 unspecified atom stereocenters. The lowest BCUT2D eigenvalue weighted by Crippen LogP contribution is -2.31. The molecule has 0 aromatic carbocycles. The third kappa shape index (κ3) is 4.07. The number of nitrogens with zero attached hydrogens (tertiary/aromatic N) is 2. The van der Waals surface area contributed by atoms with E-state index in [0.717, 1.165) is 24.7 Å². The highest BCUT2D eigenvalue weighted by atomic mass is 16.5.